The standard InChI is InChI=1S/C12H15FN2O2/c1-7-2-3-17-11(7)12(16)15-10-5-8(13)4-9(14)6-10/h4-7,11H,2-3,14H2,1H3,(H,15,16). The molecule has 1 heterocycles. The first kappa shape index (κ1) is 11.9. The number of carbonyl (C=O) groups is 1. The van der Waals surface area contributed by atoms with Gasteiger partial charge in [-0.3, -0.25) is 4.79 Å². The molecule has 0 aliphatic carbocycles. The summed E-state index contributed by atoms with van der Waals surface area (Å²) in [6, 6.07) is 3.94. The molecule has 4 nitrogen and oxygen atoms in total. The smallest absolute Gasteiger partial charge is 0.253 e. The fraction of sp³-hybridized carbons (Fsp3) is 0.417. The van der Waals surface area contributed by atoms with Gasteiger partial charge in [-0.15, -0.1) is 0 Å². The number of nitrogen functional groups attached to an aromatic ring is 1. The van der Waals surface area contributed by atoms with E-state index >= 15 is 0 Å². The number of carbonyl (C=O) groups excluding carboxylic acids is 1. The van der Waals surface area contributed by atoms with Crippen LogP contribution in [0.15, 0.2) is 18.2 Å². The summed E-state index contributed by atoms with van der Waals surface area (Å²) < 4.78 is 18.4. The molecule has 1 aliphatic heterocycles. The maximum absolute atomic E-state index is 13.1. The van der Waals surface area contributed by atoms with Gasteiger partial charge in [-0.05, 0) is 30.5 Å². The van der Waals surface area contributed by atoms with Crippen molar-refractivity contribution in [3.8, 4) is 0 Å². The van der Waals surface area contributed by atoms with Gasteiger partial charge in [-0.2, -0.15) is 0 Å². The molecular weight excluding hydrogens is 223 g/mol. The van der Waals surface area contributed by atoms with E-state index in [0.29, 0.717) is 12.3 Å². The highest BCUT2D eigenvalue weighted by molar-refractivity contribution is 5.94. The highest BCUT2D eigenvalue weighted by Crippen LogP contribution is 2.22. The van der Waals surface area contributed by atoms with E-state index in [1.54, 1.807) is 0 Å². The fourth-order valence-electron chi connectivity index (χ4n) is 1.93. The molecule has 1 amide bonds. The molecule has 1 aliphatic rings. The SMILES string of the molecule is CC1CCOC1C(=O)Nc1cc(N)cc(F)c1. The Bertz CT molecular complexity index is 416. The van der Waals surface area contributed by atoms with Crippen molar-refractivity contribution in [2.45, 2.75) is 19.4 Å². The van der Waals surface area contributed by atoms with Gasteiger partial charge < -0.3 is 15.8 Å². The average molecular weight is 238 g/mol. The Kier molecular flexibility index (Phi) is 3.28. The van der Waals surface area contributed by atoms with Crippen molar-refractivity contribution < 1.29 is 13.9 Å². The number of nitrogens with two attached hydrogens (primary N) is 1. The van der Waals surface area contributed by atoms with Gasteiger partial charge in [-0.1, -0.05) is 6.92 Å². The highest BCUT2D eigenvalue weighted by atomic mass is 19.1. The van der Waals surface area contributed by atoms with Gasteiger partial charge in [0.05, 0.1) is 0 Å². The van der Waals surface area contributed by atoms with Gasteiger partial charge in [0.2, 0.25) is 0 Å². The molecule has 0 aromatic heterocycles. The van der Waals surface area contributed by atoms with E-state index in [4.69, 9.17) is 10.5 Å². The molecule has 2 unspecified atom stereocenters. The summed E-state index contributed by atoms with van der Waals surface area (Å²) >= 11 is 0. The third-order valence-electron chi connectivity index (χ3n) is 2.83. The number of ether oxygens (including phenoxy) is 1. The largest absolute Gasteiger partial charge is 0.399 e. The maximum Gasteiger partial charge on any atom is 0.253 e. The number of hydrogen-bond donors (Lipinski definition) is 2. The molecule has 0 radical (unpaired) electrons. The van der Waals surface area contributed by atoms with Crippen LogP contribution >= 0.6 is 0 Å². The second kappa shape index (κ2) is 4.71. The van der Waals surface area contributed by atoms with Gasteiger partial charge >= 0.3 is 0 Å². The molecular formula is C12H15FN2O2. The van der Waals surface area contributed by atoms with Gasteiger partial charge in [0.25, 0.3) is 5.91 Å². The van der Waals surface area contributed by atoms with Crippen LogP contribution in [0, 0.1) is 11.7 Å². The van der Waals surface area contributed by atoms with Crippen LogP contribution in [0.4, 0.5) is 15.8 Å². The minimum atomic E-state index is -0.472. The lowest BCUT2D eigenvalue weighted by atomic mass is 10.0. The van der Waals surface area contributed by atoms with E-state index in [9.17, 15) is 9.18 Å². The molecule has 1 aromatic rings. The summed E-state index contributed by atoms with van der Waals surface area (Å²) in [5.41, 5.74) is 6.13. The molecule has 3 N–H and O–H groups in total. The number of anilines is 2. The number of amides is 1. The lowest BCUT2D eigenvalue weighted by Crippen LogP contribution is -2.31. The first-order valence-corrected chi connectivity index (χ1v) is 5.55. The Morgan fingerprint density at radius 3 is 2.88 bits per heavy atom. The van der Waals surface area contributed by atoms with E-state index in [2.05, 4.69) is 5.32 Å². The zero-order valence-electron chi connectivity index (χ0n) is 9.57. The lowest BCUT2D eigenvalue weighted by molar-refractivity contribution is -0.126. The molecule has 0 spiro atoms. The third-order valence-corrected chi connectivity index (χ3v) is 2.83. The quantitative estimate of drug-likeness (QED) is 0.772. The monoisotopic (exact) mass is 238 g/mol. The molecule has 1 fully saturated rings. The van der Waals surface area contributed by atoms with Gasteiger partial charge in [-0.25, -0.2) is 4.39 Å². The predicted octanol–water partition coefficient (Wildman–Crippen LogP) is 1.77. The summed E-state index contributed by atoms with van der Waals surface area (Å²) in [5, 5.41) is 2.61. The Balaban J connectivity index is 2.07. The van der Waals surface area contributed by atoms with Crippen molar-refractivity contribution in [1.82, 2.24) is 0 Å². The molecule has 2 rings (SSSR count). The minimum absolute atomic E-state index is 0.181. The first-order valence-electron chi connectivity index (χ1n) is 5.55. The molecule has 2 atom stereocenters. The zero-order valence-corrected chi connectivity index (χ0v) is 9.57. The maximum atomic E-state index is 13.1. The summed E-state index contributed by atoms with van der Waals surface area (Å²) in [5.74, 6) is -0.540. The molecule has 5 heteroatoms. The third kappa shape index (κ3) is 2.74. The molecule has 1 aromatic carbocycles. The Labute approximate surface area is 98.9 Å². The molecule has 92 valence electrons. The van der Waals surface area contributed by atoms with Crippen molar-refractivity contribution >= 4 is 17.3 Å². The van der Waals surface area contributed by atoms with Gasteiger partial charge in [0.1, 0.15) is 11.9 Å². The van der Waals surface area contributed by atoms with Crippen LogP contribution in [0.1, 0.15) is 13.3 Å². The fourth-order valence-corrected chi connectivity index (χ4v) is 1.93. The van der Waals surface area contributed by atoms with Crippen LogP contribution < -0.4 is 11.1 Å². The first-order chi connectivity index (χ1) is 8.06. The van der Waals surface area contributed by atoms with E-state index < -0.39 is 11.9 Å². The van der Waals surface area contributed by atoms with Crippen LogP contribution in [0.25, 0.3) is 0 Å². The summed E-state index contributed by atoms with van der Waals surface area (Å²) in [6.45, 7) is 2.54. The molecule has 0 bridgehead atoms. The number of halogens is 1. The van der Waals surface area contributed by atoms with Crippen molar-refractivity contribution in [3.05, 3.63) is 24.0 Å². The van der Waals surface area contributed by atoms with Crippen LogP contribution in [0.5, 0.6) is 0 Å². The van der Waals surface area contributed by atoms with E-state index in [-0.39, 0.29) is 17.5 Å². The van der Waals surface area contributed by atoms with Crippen molar-refractivity contribution in [2.24, 2.45) is 5.92 Å². The normalized spacial score (nSPS) is 23.6. The topological polar surface area (TPSA) is 64.3 Å². The number of rotatable bonds is 2. The highest BCUT2D eigenvalue weighted by Gasteiger charge is 2.30. The summed E-state index contributed by atoms with van der Waals surface area (Å²) in [4.78, 5) is 11.8. The van der Waals surface area contributed by atoms with Crippen molar-refractivity contribution in [2.75, 3.05) is 17.7 Å². The van der Waals surface area contributed by atoms with Gasteiger partial charge in [0.15, 0.2) is 0 Å². The number of benzene rings is 1. The molecule has 0 saturated carbocycles. The van der Waals surface area contributed by atoms with E-state index in [0.717, 1.165) is 6.42 Å². The Hall–Kier alpha value is -1.62. The van der Waals surface area contributed by atoms with Crippen molar-refractivity contribution in [3.63, 3.8) is 0 Å². The van der Waals surface area contributed by atoms with E-state index in [1.165, 1.54) is 18.2 Å². The molecule has 17 heavy (non-hydrogen) atoms. The average Bonchev–Trinajstić information content (AvgIpc) is 2.62. The number of nitrogens with one attached hydrogen (secondary N) is 1. The second-order valence-corrected chi connectivity index (χ2v) is 4.32. The summed E-state index contributed by atoms with van der Waals surface area (Å²) in [7, 11) is 0. The van der Waals surface area contributed by atoms with Crippen molar-refractivity contribution in [1.29, 1.82) is 0 Å². The number of hydrogen-bond acceptors (Lipinski definition) is 3. The minimum Gasteiger partial charge on any atom is -0.399 e. The second-order valence-electron chi connectivity index (χ2n) is 4.32. The summed E-state index contributed by atoms with van der Waals surface area (Å²) in [6.07, 6.45) is 0.406. The van der Waals surface area contributed by atoms with Crippen LogP contribution in [-0.2, 0) is 9.53 Å². The molecule has 1 saturated heterocycles. The van der Waals surface area contributed by atoms with Crippen LogP contribution in [0.3, 0.4) is 0 Å². The van der Waals surface area contributed by atoms with Gasteiger partial charge in [0, 0.05) is 18.0 Å². The van der Waals surface area contributed by atoms with Crippen LogP contribution in [-0.4, -0.2) is 18.6 Å². The van der Waals surface area contributed by atoms with Crippen LogP contribution in [0.2, 0.25) is 0 Å². The lowest BCUT2D eigenvalue weighted by Gasteiger charge is -2.14. The predicted molar refractivity (Wildman–Crippen MR) is 63.0 cm³/mol. The Morgan fingerprint density at radius 1 is 1.53 bits per heavy atom. The van der Waals surface area contributed by atoms with E-state index in [1.807, 2.05) is 6.92 Å². The Morgan fingerprint density at radius 2 is 2.29 bits per heavy atom. The zero-order chi connectivity index (χ0) is 12.4.